The largest absolute Gasteiger partial charge is 0.508 e. The Hall–Kier alpha value is -0.670. The van der Waals surface area contributed by atoms with Gasteiger partial charge in [0.15, 0.2) is 0 Å². The molecule has 3 heteroatoms. The van der Waals surface area contributed by atoms with Gasteiger partial charge in [0.25, 0.3) is 0 Å². The van der Waals surface area contributed by atoms with Gasteiger partial charge in [-0.1, -0.05) is 6.07 Å². The molecule has 0 radical (unpaired) electrons. The molecule has 2 aliphatic rings. The van der Waals surface area contributed by atoms with E-state index in [1.807, 2.05) is 23.9 Å². The van der Waals surface area contributed by atoms with Crippen molar-refractivity contribution in [3.8, 4) is 5.75 Å². The quantitative estimate of drug-likeness (QED) is 0.882. The van der Waals surface area contributed by atoms with E-state index in [1.54, 1.807) is 0 Å². The van der Waals surface area contributed by atoms with Crippen molar-refractivity contribution in [3.63, 3.8) is 0 Å². The lowest BCUT2D eigenvalue weighted by Gasteiger charge is -2.34. The van der Waals surface area contributed by atoms with Gasteiger partial charge in [-0.25, -0.2) is 0 Å². The summed E-state index contributed by atoms with van der Waals surface area (Å²) >= 11 is 2.02. The lowest BCUT2D eigenvalue weighted by molar-refractivity contribution is 0.324. The van der Waals surface area contributed by atoms with Crippen molar-refractivity contribution in [3.05, 3.63) is 29.3 Å². The van der Waals surface area contributed by atoms with Crippen LogP contribution in [0, 0.1) is 0 Å². The van der Waals surface area contributed by atoms with Gasteiger partial charge in [0.1, 0.15) is 5.75 Å². The predicted octanol–water partition coefficient (Wildman–Crippen LogP) is 4.03. The number of phenols is 1. The van der Waals surface area contributed by atoms with Crippen LogP contribution in [0.4, 0.5) is 0 Å². The van der Waals surface area contributed by atoms with Gasteiger partial charge in [0, 0.05) is 17.3 Å². The minimum absolute atomic E-state index is 0.406. The topological polar surface area (TPSA) is 32.3 Å². The first-order valence-electron chi connectivity index (χ1n) is 7.87. The molecule has 1 unspecified atom stereocenters. The highest BCUT2D eigenvalue weighted by Gasteiger charge is 2.26. The van der Waals surface area contributed by atoms with Crippen molar-refractivity contribution in [2.24, 2.45) is 0 Å². The van der Waals surface area contributed by atoms with E-state index in [2.05, 4.69) is 17.6 Å². The highest BCUT2D eigenvalue weighted by atomic mass is 32.2. The molecule has 0 saturated heterocycles. The number of rotatable bonds is 3. The van der Waals surface area contributed by atoms with Crippen molar-refractivity contribution < 1.29 is 5.11 Å². The minimum Gasteiger partial charge on any atom is -0.508 e. The summed E-state index contributed by atoms with van der Waals surface area (Å²) in [5.41, 5.74) is 2.76. The molecule has 2 N–H and O–H groups in total. The predicted molar refractivity (Wildman–Crippen MR) is 86.5 cm³/mol. The third-order valence-electron chi connectivity index (χ3n) is 4.89. The van der Waals surface area contributed by atoms with Crippen LogP contribution in [0.2, 0.25) is 0 Å². The number of aromatic hydroxyl groups is 1. The van der Waals surface area contributed by atoms with E-state index in [4.69, 9.17) is 0 Å². The van der Waals surface area contributed by atoms with Crippen LogP contribution in [0.25, 0.3) is 0 Å². The molecule has 1 aromatic rings. The van der Waals surface area contributed by atoms with Crippen molar-refractivity contribution >= 4 is 11.8 Å². The van der Waals surface area contributed by atoms with Gasteiger partial charge in [0.2, 0.25) is 0 Å². The van der Waals surface area contributed by atoms with Crippen molar-refractivity contribution in [2.75, 3.05) is 6.26 Å². The summed E-state index contributed by atoms with van der Waals surface area (Å²) in [6.07, 6.45) is 11.2. The Kier molecular flexibility index (Phi) is 4.57. The fraction of sp³-hybridized carbons (Fsp3) is 0.647. The SMILES string of the molecule is CSC1CCC(NC2CCCc3ccc(O)cc32)CC1. The molecule has 0 amide bonds. The van der Waals surface area contributed by atoms with Crippen LogP contribution < -0.4 is 5.32 Å². The maximum atomic E-state index is 9.75. The van der Waals surface area contributed by atoms with Gasteiger partial charge in [-0.15, -0.1) is 0 Å². The maximum Gasteiger partial charge on any atom is 0.115 e. The van der Waals surface area contributed by atoms with E-state index in [0.717, 1.165) is 11.7 Å². The van der Waals surface area contributed by atoms with Gasteiger partial charge in [-0.2, -0.15) is 11.8 Å². The summed E-state index contributed by atoms with van der Waals surface area (Å²) in [6.45, 7) is 0. The van der Waals surface area contributed by atoms with Crippen LogP contribution in [0.15, 0.2) is 18.2 Å². The summed E-state index contributed by atoms with van der Waals surface area (Å²) in [6, 6.07) is 7.01. The van der Waals surface area contributed by atoms with Crippen LogP contribution in [0.3, 0.4) is 0 Å². The standard InChI is InChI=1S/C17H25NOS/c1-20-15-9-6-13(7-10-15)18-17-4-2-3-12-5-8-14(19)11-16(12)17/h5,8,11,13,15,17-19H,2-4,6-7,9-10H2,1H3. The molecule has 0 spiro atoms. The molecule has 0 bridgehead atoms. The highest BCUT2D eigenvalue weighted by molar-refractivity contribution is 7.99. The molecular weight excluding hydrogens is 266 g/mol. The van der Waals surface area contributed by atoms with Crippen LogP contribution in [-0.4, -0.2) is 22.7 Å². The van der Waals surface area contributed by atoms with E-state index in [1.165, 1.54) is 49.7 Å². The molecule has 1 saturated carbocycles. The average Bonchev–Trinajstić information content (AvgIpc) is 2.49. The highest BCUT2D eigenvalue weighted by Crippen LogP contribution is 2.34. The van der Waals surface area contributed by atoms with Crippen LogP contribution in [-0.2, 0) is 6.42 Å². The lowest BCUT2D eigenvalue weighted by atomic mass is 9.85. The summed E-state index contributed by atoms with van der Waals surface area (Å²) < 4.78 is 0. The second-order valence-electron chi connectivity index (χ2n) is 6.20. The molecule has 3 rings (SSSR count). The molecule has 20 heavy (non-hydrogen) atoms. The number of nitrogens with one attached hydrogen (secondary N) is 1. The molecule has 0 heterocycles. The van der Waals surface area contributed by atoms with E-state index >= 15 is 0 Å². The number of hydrogen-bond donors (Lipinski definition) is 2. The van der Waals surface area contributed by atoms with E-state index in [-0.39, 0.29) is 0 Å². The Balaban J connectivity index is 1.66. The minimum atomic E-state index is 0.406. The molecule has 2 aliphatic carbocycles. The van der Waals surface area contributed by atoms with Crippen molar-refractivity contribution in [1.82, 2.24) is 5.32 Å². The number of aryl methyl sites for hydroxylation is 1. The first-order chi connectivity index (χ1) is 9.76. The van der Waals surface area contributed by atoms with Gasteiger partial charge in [0.05, 0.1) is 0 Å². The summed E-state index contributed by atoms with van der Waals surface area (Å²) in [4.78, 5) is 0. The van der Waals surface area contributed by atoms with Gasteiger partial charge in [-0.3, -0.25) is 0 Å². The molecule has 1 atom stereocenters. The zero-order chi connectivity index (χ0) is 13.9. The van der Waals surface area contributed by atoms with E-state index in [0.29, 0.717) is 17.8 Å². The number of thioether (sulfide) groups is 1. The molecular formula is C17H25NOS. The van der Waals surface area contributed by atoms with Crippen molar-refractivity contribution in [1.29, 1.82) is 0 Å². The Bertz CT molecular complexity index is 454. The Morgan fingerprint density at radius 2 is 1.95 bits per heavy atom. The molecule has 110 valence electrons. The van der Waals surface area contributed by atoms with Crippen molar-refractivity contribution in [2.45, 2.75) is 62.3 Å². The third kappa shape index (κ3) is 3.15. The summed E-state index contributed by atoms with van der Waals surface area (Å²) in [5, 5.41) is 14.5. The lowest BCUT2D eigenvalue weighted by Crippen LogP contribution is -2.37. The molecule has 1 fully saturated rings. The smallest absolute Gasteiger partial charge is 0.115 e. The number of fused-ring (bicyclic) bond motifs is 1. The van der Waals surface area contributed by atoms with Gasteiger partial charge < -0.3 is 10.4 Å². The van der Waals surface area contributed by atoms with Crippen LogP contribution in [0.5, 0.6) is 5.75 Å². The second-order valence-corrected chi connectivity index (χ2v) is 7.34. The molecule has 0 aliphatic heterocycles. The zero-order valence-electron chi connectivity index (χ0n) is 12.3. The second kappa shape index (κ2) is 6.40. The first kappa shape index (κ1) is 14.3. The summed E-state index contributed by atoms with van der Waals surface area (Å²) in [7, 11) is 0. The fourth-order valence-electron chi connectivity index (χ4n) is 3.71. The number of phenolic OH excluding ortho intramolecular Hbond substituents is 1. The molecule has 0 aromatic heterocycles. The fourth-order valence-corrected chi connectivity index (χ4v) is 4.45. The Morgan fingerprint density at radius 3 is 2.70 bits per heavy atom. The Morgan fingerprint density at radius 1 is 1.15 bits per heavy atom. The van der Waals surface area contributed by atoms with Gasteiger partial charge >= 0.3 is 0 Å². The Labute approximate surface area is 126 Å². The van der Waals surface area contributed by atoms with E-state index < -0.39 is 0 Å². The number of hydrogen-bond acceptors (Lipinski definition) is 3. The number of benzene rings is 1. The first-order valence-corrected chi connectivity index (χ1v) is 9.15. The van der Waals surface area contributed by atoms with E-state index in [9.17, 15) is 5.11 Å². The molecule has 1 aromatic carbocycles. The van der Waals surface area contributed by atoms with Crippen LogP contribution in [0.1, 0.15) is 55.7 Å². The average molecular weight is 291 g/mol. The van der Waals surface area contributed by atoms with Gasteiger partial charge in [-0.05, 0) is 74.5 Å². The monoisotopic (exact) mass is 291 g/mol. The van der Waals surface area contributed by atoms with Crippen LogP contribution >= 0.6 is 11.8 Å². The molecule has 2 nitrogen and oxygen atoms in total. The third-order valence-corrected chi connectivity index (χ3v) is 6.03. The summed E-state index contributed by atoms with van der Waals surface area (Å²) in [5.74, 6) is 0.406. The maximum absolute atomic E-state index is 9.75. The normalized spacial score (nSPS) is 29.9. The zero-order valence-corrected chi connectivity index (χ0v) is 13.1.